The number of piperidine rings is 1. The molecule has 5 heteroatoms. The number of carbonyl (C=O) groups excluding carboxylic acids is 1. The summed E-state index contributed by atoms with van der Waals surface area (Å²) in [5, 5.41) is 6.56. The second kappa shape index (κ2) is 4.61. The predicted octanol–water partition coefficient (Wildman–Crippen LogP) is 0.796. The van der Waals surface area contributed by atoms with Gasteiger partial charge in [0.05, 0.1) is 5.52 Å². The molecule has 3 atom stereocenters. The van der Waals surface area contributed by atoms with E-state index < -0.39 is 0 Å². The summed E-state index contributed by atoms with van der Waals surface area (Å²) in [6.07, 6.45) is 11.1. The van der Waals surface area contributed by atoms with E-state index in [-0.39, 0.29) is 11.9 Å². The lowest BCUT2D eigenvalue weighted by molar-refractivity contribution is 0.0920. The zero-order valence-corrected chi connectivity index (χ0v) is 11.5. The molecular formula is C16H16N4O. The van der Waals surface area contributed by atoms with Gasteiger partial charge in [0.15, 0.2) is 0 Å². The van der Waals surface area contributed by atoms with E-state index in [2.05, 4.69) is 21.5 Å². The molecule has 3 unspecified atom stereocenters. The number of hydrogen-bond donors (Lipinski definition) is 2. The van der Waals surface area contributed by atoms with Gasteiger partial charge in [-0.3, -0.25) is 4.79 Å². The Morgan fingerprint density at radius 3 is 3.14 bits per heavy atom. The highest BCUT2D eigenvalue weighted by molar-refractivity contribution is 5.93. The summed E-state index contributed by atoms with van der Waals surface area (Å²) in [5.74, 6) is 3.06. The molecule has 1 amide bonds. The van der Waals surface area contributed by atoms with Crippen LogP contribution in [0.1, 0.15) is 28.9 Å². The number of aromatic nitrogens is 2. The maximum Gasteiger partial charge on any atom is 0.270 e. The van der Waals surface area contributed by atoms with Crippen LogP contribution in [-0.2, 0) is 0 Å². The van der Waals surface area contributed by atoms with E-state index >= 15 is 0 Å². The maximum atomic E-state index is 12.4. The first-order valence-electron chi connectivity index (χ1n) is 7.22. The van der Waals surface area contributed by atoms with Crippen molar-refractivity contribution in [2.24, 2.45) is 5.92 Å². The molecule has 0 aromatic carbocycles. The van der Waals surface area contributed by atoms with E-state index in [9.17, 15) is 4.79 Å². The Morgan fingerprint density at radius 1 is 1.52 bits per heavy atom. The molecule has 5 nitrogen and oxygen atoms in total. The van der Waals surface area contributed by atoms with Gasteiger partial charge in [-0.15, -0.1) is 6.42 Å². The van der Waals surface area contributed by atoms with Gasteiger partial charge in [-0.2, -0.15) is 0 Å². The normalized spacial score (nSPS) is 26.9. The molecule has 106 valence electrons. The number of amides is 1. The minimum absolute atomic E-state index is 0.112. The van der Waals surface area contributed by atoms with Crippen molar-refractivity contribution in [3.63, 3.8) is 0 Å². The van der Waals surface area contributed by atoms with Crippen LogP contribution in [0, 0.1) is 18.3 Å². The predicted molar refractivity (Wildman–Crippen MR) is 78.9 cm³/mol. The van der Waals surface area contributed by atoms with Crippen LogP contribution in [0.15, 0.2) is 24.7 Å². The second-order valence-corrected chi connectivity index (χ2v) is 5.86. The van der Waals surface area contributed by atoms with Crippen LogP contribution >= 0.6 is 0 Å². The van der Waals surface area contributed by atoms with Crippen molar-refractivity contribution in [2.45, 2.75) is 24.9 Å². The highest BCUT2D eigenvalue weighted by Gasteiger charge is 2.40. The van der Waals surface area contributed by atoms with E-state index in [1.165, 1.54) is 0 Å². The Morgan fingerprint density at radius 2 is 2.43 bits per heavy atom. The summed E-state index contributed by atoms with van der Waals surface area (Å²) in [4.78, 5) is 16.6. The first kappa shape index (κ1) is 12.4. The number of terminal acetylenes is 1. The smallest absolute Gasteiger partial charge is 0.270 e. The average molecular weight is 280 g/mol. The van der Waals surface area contributed by atoms with Crippen molar-refractivity contribution in [1.29, 1.82) is 0 Å². The van der Waals surface area contributed by atoms with Gasteiger partial charge in [-0.05, 0) is 30.9 Å². The quantitative estimate of drug-likeness (QED) is 0.800. The van der Waals surface area contributed by atoms with Crippen LogP contribution in [-0.4, -0.2) is 33.9 Å². The summed E-state index contributed by atoms with van der Waals surface area (Å²) in [6.45, 7) is 1.00. The third kappa shape index (κ3) is 1.99. The minimum Gasteiger partial charge on any atom is -0.348 e. The minimum atomic E-state index is -0.112. The summed E-state index contributed by atoms with van der Waals surface area (Å²) in [5.41, 5.74) is 2.04. The fourth-order valence-electron chi connectivity index (χ4n) is 3.50. The van der Waals surface area contributed by atoms with E-state index in [4.69, 9.17) is 6.42 Å². The first-order chi connectivity index (χ1) is 10.2. The van der Waals surface area contributed by atoms with Crippen LogP contribution in [0.2, 0.25) is 0 Å². The number of hydrogen-bond acceptors (Lipinski definition) is 3. The van der Waals surface area contributed by atoms with Gasteiger partial charge in [0.2, 0.25) is 0 Å². The van der Waals surface area contributed by atoms with E-state index in [1.54, 1.807) is 12.4 Å². The number of rotatable bonds is 2. The summed E-state index contributed by atoms with van der Waals surface area (Å²) in [7, 11) is 0. The van der Waals surface area contributed by atoms with E-state index in [1.807, 2.05) is 16.7 Å². The molecule has 0 spiro atoms. The maximum absolute atomic E-state index is 12.4. The van der Waals surface area contributed by atoms with E-state index in [0.717, 1.165) is 30.5 Å². The van der Waals surface area contributed by atoms with Crippen LogP contribution in [0.5, 0.6) is 0 Å². The molecule has 1 saturated carbocycles. The van der Waals surface area contributed by atoms with Gasteiger partial charge in [0, 0.05) is 30.4 Å². The van der Waals surface area contributed by atoms with Gasteiger partial charge < -0.3 is 15.0 Å². The molecule has 4 rings (SSSR count). The molecule has 0 radical (unpaired) electrons. The SMILES string of the molecule is C#Cc1ccn2cnc(C(=O)NC3CC4CC3CN4)cc12. The van der Waals surface area contributed by atoms with Crippen molar-refractivity contribution < 1.29 is 4.79 Å². The zero-order valence-electron chi connectivity index (χ0n) is 11.5. The van der Waals surface area contributed by atoms with Crippen molar-refractivity contribution in [3.05, 3.63) is 35.9 Å². The summed E-state index contributed by atoms with van der Waals surface area (Å²) < 4.78 is 1.83. The number of nitrogens with one attached hydrogen (secondary N) is 2. The Balaban J connectivity index is 1.58. The van der Waals surface area contributed by atoms with Gasteiger partial charge in [0.25, 0.3) is 5.91 Å². The molecule has 2 aromatic heterocycles. The number of carbonyl (C=O) groups is 1. The molecule has 2 aromatic rings. The third-order valence-corrected chi connectivity index (χ3v) is 4.62. The van der Waals surface area contributed by atoms with Crippen LogP contribution in [0.25, 0.3) is 5.52 Å². The Kier molecular flexibility index (Phi) is 2.72. The van der Waals surface area contributed by atoms with Gasteiger partial charge >= 0.3 is 0 Å². The second-order valence-electron chi connectivity index (χ2n) is 5.86. The van der Waals surface area contributed by atoms with Crippen molar-refractivity contribution in [2.75, 3.05) is 6.54 Å². The number of nitrogens with zero attached hydrogens (tertiary/aromatic N) is 2. The molecule has 2 N–H and O–H groups in total. The molecule has 2 fully saturated rings. The fourth-order valence-corrected chi connectivity index (χ4v) is 3.50. The standard InChI is InChI=1S/C16H16N4O/c1-2-10-3-4-20-9-18-14(7-15(10)20)16(21)19-13-6-12-5-11(13)8-17-12/h1,3-4,7,9,11-13,17H,5-6,8H2,(H,19,21). The molecule has 3 heterocycles. The topological polar surface area (TPSA) is 58.4 Å². The lowest BCUT2D eigenvalue weighted by Gasteiger charge is -2.23. The highest BCUT2D eigenvalue weighted by Crippen LogP contribution is 2.31. The Labute approximate surface area is 122 Å². The lowest BCUT2D eigenvalue weighted by Crippen LogP contribution is -2.44. The lowest BCUT2D eigenvalue weighted by atomic mass is 10.0. The van der Waals surface area contributed by atoms with Gasteiger partial charge in [0.1, 0.15) is 12.0 Å². The first-order valence-corrected chi connectivity index (χ1v) is 7.22. The molecule has 1 saturated heterocycles. The Hall–Kier alpha value is -2.32. The van der Waals surface area contributed by atoms with Crippen LogP contribution in [0.4, 0.5) is 0 Å². The monoisotopic (exact) mass is 280 g/mol. The third-order valence-electron chi connectivity index (χ3n) is 4.62. The largest absolute Gasteiger partial charge is 0.348 e. The van der Waals surface area contributed by atoms with Crippen LogP contribution < -0.4 is 10.6 Å². The number of fused-ring (bicyclic) bond motifs is 3. The van der Waals surface area contributed by atoms with Crippen molar-refractivity contribution in [3.8, 4) is 12.3 Å². The Bertz CT molecular complexity index is 757. The van der Waals surface area contributed by atoms with Crippen LogP contribution in [0.3, 0.4) is 0 Å². The molecule has 21 heavy (non-hydrogen) atoms. The summed E-state index contributed by atoms with van der Waals surface area (Å²) >= 11 is 0. The van der Waals surface area contributed by atoms with Crippen molar-refractivity contribution >= 4 is 11.4 Å². The molecule has 2 bridgehead atoms. The van der Waals surface area contributed by atoms with Gasteiger partial charge in [-0.1, -0.05) is 5.92 Å². The zero-order chi connectivity index (χ0) is 14.4. The van der Waals surface area contributed by atoms with Crippen molar-refractivity contribution in [1.82, 2.24) is 20.0 Å². The molecule has 1 aliphatic heterocycles. The van der Waals surface area contributed by atoms with Gasteiger partial charge in [-0.25, -0.2) is 4.98 Å². The average Bonchev–Trinajstić information content (AvgIpc) is 3.21. The van der Waals surface area contributed by atoms with E-state index in [0.29, 0.717) is 17.7 Å². The highest BCUT2D eigenvalue weighted by atomic mass is 16.1. The summed E-state index contributed by atoms with van der Waals surface area (Å²) in [6, 6.07) is 4.44. The molecule has 1 aliphatic carbocycles. The molecular weight excluding hydrogens is 264 g/mol. The molecule has 2 aliphatic rings. The fraction of sp³-hybridized carbons (Fsp3) is 0.375.